The van der Waals surface area contributed by atoms with Crippen LogP contribution in [0.5, 0.6) is 0 Å². The van der Waals surface area contributed by atoms with Gasteiger partial charge in [0, 0.05) is 17.5 Å². The van der Waals surface area contributed by atoms with Crippen molar-refractivity contribution in [2.45, 2.75) is 18.2 Å². The Hall–Kier alpha value is -3.04. The van der Waals surface area contributed by atoms with E-state index in [0.29, 0.717) is 40.0 Å². The van der Waals surface area contributed by atoms with Gasteiger partial charge >= 0.3 is 0 Å². The number of allylic oxidation sites excluding steroid dienone is 1. The molecule has 0 bridgehead atoms. The van der Waals surface area contributed by atoms with Crippen LogP contribution in [0.2, 0.25) is 0 Å². The van der Waals surface area contributed by atoms with Gasteiger partial charge in [0.15, 0.2) is 5.16 Å². The maximum Gasteiger partial charge on any atom is 0.263 e. The molecule has 0 unspecified atom stereocenters. The van der Waals surface area contributed by atoms with Crippen LogP contribution in [0.3, 0.4) is 0 Å². The van der Waals surface area contributed by atoms with Crippen LogP contribution in [0.1, 0.15) is 5.76 Å². The summed E-state index contributed by atoms with van der Waals surface area (Å²) in [5.41, 5.74) is 0.541. The van der Waals surface area contributed by atoms with Crippen LogP contribution in [0.15, 0.2) is 73.6 Å². The zero-order valence-electron chi connectivity index (χ0n) is 15.3. The quantitative estimate of drug-likeness (QED) is 0.261. The van der Waals surface area contributed by atoms with Gasteiger partial charge in [-0.05, 0) is 24.3 Å². The molecule has 0 spiro atoms. The maximum atomic E-state index is 13.2. The number of nitrogens with zero attached hydrogens (tertiary/aromatic N) is 2. The third-order valence-electron chi connectivity index (χ3n) is 4.13. The van der Waals surface area contributed by atoms with Gasteiger partial charge in [-0.1, -0.05) is 17.8 Å². The summed E-state index contributed by atoms with van der Waals surface area (Å²) in [7, 11) is 0. The molecule has 0 saturated carbocycles. The minimum absolute atomic E-state index is 0.131. The van der Waals surface area contributed by atoms with Crippen molar-refractivity contribution in [1.29, 1.82) is 0 Å². The van der Waals surface area contributed by atoms with Gasteiger partial charge in [-0.25, -0.2) is 4.98 Å². The number of amides is 1. The average molecular weight is 428 g/mol. The number of aromatic nitrogens is 2. The maximum absolute atomic E-state index is 13.2. The third kappa shape index (κ3) is 4.06. The Kier molecular flexibility index (Phi) is 5.68. The predicted octanol–water partition coefficient (Wildman–Crippen LogP) is 3.91. The number of fused-ring (bicyclic) bond motifs is 1. The van der Waals surface area contributed by atoms with Crippen molar-refractivity contribution in [2.24, 2.45) is 0 Å². The number of hydrogen-bond acceptors (Lipinski definition) is 7. The van der Waals surface area contributed by atoms with Gasteiger partial charge in [0.2, 0.25) is 5.91 Å². The molecule has 9 heteroatoms. The van der Waals surface area contributed by atoms with Crippen LogP contribution < -0.4 is 10.9 Å². The smallest absolute Gasteiger partial charge is 0.263 e. The fraction of sp³-hybridized carbons (Fsp3) is 0.150. The lowest BCUT2D eigenvalue weighted by molar-refractivity contribution is -0.118. The number of furan rings is 2. The highest BCUT2D eigenvalue weighted by Gasteiger charge is 2.18. The van der Waals surface area contributed by atoms with Crippen LogP contribution in [-0.4, -0.2) is 21.2 Å². The highest BCUT2D eigenvalue weighted by molar-refractivity contribution is 7.99. The van der Waals surface area contributed by atoms with Crippen molar-refractivity contribution < 1.29 is 13.6 Å². The molecule has 0 fully saturated rings. The minimum Gasteiger partial charge on any atom is -0.467 e. The molecule has 148 valence electrons. The molecule has 0 atom stereocenters. The van der Waals surface area contributed by atoms with Crippen molar-refractivity contribution in [3.8, 4) is 11.3 Å². The Balaban J connectivity index is 1.58. The van der Waals surface area contributed by atoms with Crippen molar-refractivity contribution in [3.63, 3.8) is 0 Å². The molecule has 1 N–H and O–H groups in total. The molecule has 0 aliphatic carbocycles. The Morgan fingerprint density at radius 2 is 2.14 bits per heavy atom. The molecule has 29 heavy (non-hydrogen) atoms. The van der Waals surface area contributed by atoms with E-state index in [9.17, 15) is 9.59 Å². The van der Waals surface area contributed by atoms with Gasteiger partial charge < -0.3 is 14.2 Å². The average Bonchev–Trinajstić information content (AvgIpc) is 3.47. The number of rotatable bonds is 8. The Morgan fingerprint density at radius 3 is 2.86 bits per heavy atom. The topological polar surface area (TPSA) is 90.3 Å². The largest absolute Gasteiger partial charge is 0.467 e. The first-order valence-electron chi connectivity index (χ1n) is 8.76. The van der Waals surface area contributed by atoms with E-state index in [1.165, 1.54) is 27.7 Å². The lowest BCUT2D eigenvalue weighted by Gasteiger charge is -2.10. The number of thiophene rings is 1. The Labute approximate surface area is 174 Å². The molecule has 4 aromatic rings. The zero-order valence-corrected chi connectivity index (χ0v) is 16.9. The van der Waals surface area contributed by atoms with Gasteiger partial charge in [-0.3, -0.25) is 14.2 Å². The van der Waals surface area contributed by atoms with Crippen molar-refractivity contribution in [1.82, 2.24) is 14.9 Å². The normalized spacial score (nSPS) is 11.0. The molecule has 4 heterocycles. The van der Waals surface area contributed by atoms with Gasteiger partial charge in [-0.15, -0.1) is 17.9 Å². The van der Waals surface area contributed by atoms with E-state index in [1.807, 2.05) is 11.4 Å². The number of thioether (sulfide) groups is 1. The highest BCUT2D eigenvalue weighted by atomic mass is 32.2. The van der Waals surface area contributed by atoms with Crippen molar-refractivity contribution >= 4 is 39.2 Å². The molecule has 0 aliphatic heterocycles. The summed E-state index contributed by atoms with van der Waals surface area (Å²) in [4.78, 5) is 30.6. The number of nitrogens with one attached hydrogen (secondary N) is 1. The summed E-state index contributed by atoms with van der Waals surface area (Å²) in [6, 6.07) is 7.14. The summed E-state index contributed by atoms with van der Waals surface area (Å²) in [6.07, 6.45) is 4.76. The van der Waals surface area contributed by atoms with Crippen LogP contribution in [0.25, 0.3) is 21.5 Å². The summed E-state index contributed by atoms with van der Waals surface area (Å²) in [5, 5.41) is 5.63. The molecule has 1 amide bonds. The van der Waals surface area contributed by atoms with Gasteiger partial charge in [0.05, 0.1) is 30.2 Å². The molecule has 0 radical (unpaired) electrons. The number of hydrogen-bond donors (Lipinski definition) is 1. The Bertz CT molecular complexity index is 1190. The fourth-order valence-corrected chi connectivity index (χ4v) is 4.61. The monoisotopic (exact) mass is 427 g/mol. The summed E-state index contributed by atoms with van der Waals surface area (Å²) >= 11 is 2.59. The highest BCUT2D eigenvalue weighted by Crippen LogP contribution is 2.32. The van der Waals surface area contributed by atoms with Gasteiger partial charge in [-0.2, -0.15) is 0 Å². The second kappa shape index (κ2) is 8.54. The number of carbonyl (C=O) groups excluding carboxylic acids is 1. The standard InChI is InChI=1S/C20H17N3O4S2/c1-2-7-23-19(25)17-14(15-6-4-9-27-15)11-28-18(17)22-20(23)29-12-16(24)21-10-13-5-3-8-26-13/h2-6,8-9,11H,1,7,10,12H2,(H,21,24). The van der Waals surface area contributed by atoms with Crippen LogP contribution in [0.4, 0.5) is 0 Å². The number of carbonyl (C=O) groups is 1. The molecule has 0 saturated heterocycles. The van der Waals surface area contributed by atoms with E-state index in [4.69, 9.17) is 8.83 Å². The molecular formula is C20H17N3O4S2. The first-order valence-corrected chi connectivity index (χ1v) is 10.6. The van der Waals surface area contributed by atoms with Crippen molar-refractivity contribution in [2.75, 3.05) is 5.75 Å². The lowest BCUT2D eigenvalue weighted by Crippen LogP contribution is -2.26. The second-order valence-electron chi connectivity index (χ2n) is 6.05. The first kappa shape index (κ1) is 19.3. The summed E-state index contributed by atoms with van der Waals surface area (Å²) < 4.78 is 12.2. The summed E-state index contributed by atoms with van der Waals surface area (Å²) in [5.74, 6) is 1.26. The van der Waals surface area contributed by atoms with Crippen LogP contribution in [-0.2, 0) is 17.9 Å². The van der Waals surface area contributed by atoms with E-state index in [0.717, 1.165) is 5.56 Å². The summed E-state index contributed by atoms with van der Waals surface area (Å²) in [6.45, 7) is 4.34. The molecular weight excluding hydrogens is 410 g/mol. The molecule has 4 aromatic heterocycles. The SMILES string of the molecule is C=CCn1c(SCC(=O)NCc2ccco2)nc2scc(-c3ccco3)c2c1=O. The fourth-order valence-electron chi connectivity index (χ4n) is 2.80. The van der Waals surface area contributed by atoms with E-state index >= 15 is 0 Å². The van der Waals surface area contributed by atoms with Gasteiger partial charge in [0.25, 0.3) is 5.56 Å². The molecule has 0 aliphatic rings. The zero-order chi connectivity index (χ0) is 20.2. The Morgan fingerprint density at radius 1 is 1.31 bits per heavy atom. The van der Waals surface area contributed by atoms with E-state index in [1.54, 1.807) is 36.8 Å². The predicted molar refractivity (Wildman–Crippen MR) is 113 cm³/mol. The van der Waals surface area contributed by atoms with Crippen LogP contribution >= 0.6 is 23.1 Å². The second-order valence-corrected chi connectivity index (χ2v) is 7.85. The molecule has 4 rings (SSSR count). The van der Waals surface area contributed by atoms with Crippen LogP contribution in [0, 0.1) is 0 Å². The minimum atomic E-state index is -0.180. The van der Waals surface area contributed by atoms with E-state index < -0.39 is 0 Å². The van der Waals surface area contributed by atoms with E-state index in [-0.39, 0.29) is 17.2 Å². The molecule has 0 aromatic carbocycles. The third-order valence-corrected chi connectivity index (χ3v) is 5.98. The van der Waals surface area contributed by atoms with E-state index in [2.05, 4.69) is 16.9 Å². The molecule has 7 nitrogen and oxygen atoms in total. The lowest BCUT2D eigenvalue weighted by atomic mass is 10.2. The van der Waals surface area contributed by atoms with Gasteiger partial charge in [0.1, 0.15) is 16.4 Å². The first-order chi connectivity index (χ1) is 14.2. The van der Waals surface area contributed by atoms with Crippen molar-refractivity contribution in [3.05, 3.63) is 70.9 Å².